The second-order valence-corrected chi connectivity index (χ2v) is 3.53. The van der Waals surface area contributed by atoms with E-state index in [1.165, 1.54) is 18.2 Å². The molecule has 0 bridgehead atoms. The van der Waals surface area contributed by atoms with E-state index in [1.807, 2.05) is 6.92 Å². The van der Waals surface area contributed by atoms with Crippen molar-refractivity contribution >= 4 is 12.0 Å². The number of carboxylic acids is 1. The number of hydrogen-bond acceptors (Lipinski definition) is 2. The Labute approximate surface area is 99.5 Å². The monoisotopic (exact) mass is 238 g/mol. The highest BCUT2D eigenvalue weighted by atomic mass is 19.1. The molecule has 3 nitrogen and oxygen atoms in total. The van der Waals surface area contributed by atoms with Crippen LogP contribution in [-0.2, 0) is 4.79 Å². The summed E-state index contributed by atoms with van der Waals surface area (Å²) in [7, 11) is 0. The molecule has 1 rings (SSSR count). The molecule has 0 spiro atoms. The third kappa shape index (κ3) is 4.26. The van der Waals surface area contributed by atoms with Gasteiger partial charge in [-0.25, -0.2) is 9.18 Å². The van der Waals surface area contributed by atoms with Crippen LogP contribution in [0.15, 0.2) is 24.3 Å². The van der Waals surface area contributed by atoms with Crippen LogP contribution in [0.5, 0.6) is 5.75 Å². The summed E-state index contributed by atoms with van der Waals surface area (Å²) in [5.41, 5.74) is 0.434. The Bertz CT molecular complexity index is 413. The molecule has 0 fully saturated rings. The van der Waals surface area contributed by atoms with Gasteiger partial charge in [0.1, 0.15) is 0 Å². The maximum atomic E-state index is 13.5. The molecule has 0 saturated carbocycles. The van der Waals surface area contributed by atoms with E-state index in [-0.39, 0.29) is 5.75 Å². The standard InChI is InChI=1S/C13H15FO3/c1-2-3-9-17-13-10(7-8-12(15)16)5-4-6-11(13)14/h4-8H,2-3,9H2,1H3,(H,15,16)/b8-7+. The zero-order chi connectivity index (χ0) is 12.7. The van der Waals surface area contributed by atoms with Crippen molar-refractivity contribution in [2.45, 2.75) is 19.8 Å². The Morgan fingerprint density at radius 3 is 2.94 bits per heavy atom. The fourth-order valence-corrected chi connectivity index (χ4v) is 1.29. The number of aliphatic carboxylic acids is 1. The van der Waals surface area contributed by atoms with Crippen molar-refractivity contribution in [2.24, 2.45) is 0 Å². The molecule has 0 atom stereocenters. The molecular formula is C13H15FO3. The average molecular weight is 238 g/mol. The van der Waals surface area contributed by atoms with Crippen LogP contribution >= 0.6 is 0 Å². The number of benzene rings is 1. The van der Waals surface area contributed by atoms with Gasteiger partial charge in [0.25, 0.3) is 0 Å². The van der Waals surface area contributed by atoms with Gasteiger partial charge in [-0.3, -0.25) is 0 Å². The molecule has 0 saturated heterocycles. The molecule has 17 heavy (non-hydrogen) atoms. The summed E-state index contributed by atoms with van der Waals surface area (Å²) in [5, 5.41) is 8.53. The van der Waals surface area contributed by atoms with Crippen molar-refractivity contribution in [3.63, 3.8) is 0 Å². The summed E-state index contributed by atoms with van der Waals surface area (Å²) in [4.78, 5) is 10.4. The summed E-state index contributed by atoms with van der Waals surface area (Å²) in [6, 6.07) is 4.42. The SMILES string of the molecule is CCCCOc1c(F)cccc1/C=C/C(=O)O. The lowest BCUT2D eigenvalue weighted by Crippen LogP contribution is -2.00. The summed E-state index contributed by atoms with van der Waals surface area (Å²) in [5.74, 6) is -1.44. The number of carboxylic acid groups (broad SMARTS) is 1. The number of halogens is 1. The highest BCUT2D eigenvalue weighted by molar-refractivity contribution is 5.85. The first-order valence-corrected chi connectivity index (χ1v) is 5.47. The van der Waals surface area contributed by atoms with Gasteiger partial charge in [-0.05, 0) is 18.6 Å². The normalized spacial score (nSPS) is 10.7. The maximum absolute atomic E-state index is 13.5. The Hall–Kier alpha value is -1.84. The predicted molar refractivity (Wildman–Crippen MR) is 63.5 cm³/mol. The van der Waals surface area contributed by atoms with Gasteiger partial charge < -0.3 is 9.84 Å². The van der Waals surface area contributed by atoms with Crippen molar-refractivity contribution in [1.82, 2.24) is 0 Å². The number of hydrogen-bond donors (Lipinski definition) is 1. The van der Waals surface area contributed by atoms with Crippen molar-refractivity contribution in [3.8, 4) is 5.75 Å². The predicted octanol–water partition coefficient (Wildman–Crippen LogP) is 3.10. The Balaban J connectivity index is 2.87. The molecular weight excluding hydrogens is 223 g/mol. The quantitative estimate of drug-likeness (QED) is 0.612. The van der Waals surface area contributed by atoms with Crippen LogP contribution in [0.25, 0.3) is 6.08 Å². The molecule has 0 aromatic heterocycles. The highest BCUT2D eigenvalue weighted by Gasteiger charge is 2.07. The smallest absolute Gasteiger partial charge is 0.328 e. The molecule has 0 aliphatic heterocycles. The van der Waals surface area contributed by atoms with E-state index in [4.69, 9.17) is 9.84 Å². The Morgan fingerprint density at radius 1 is 1.53 bits per heavy atom. The fraction of sp³-hybridized carbons (Fsp3) is 0.308. The first-order valence-electron chi connectivity index (χ1n) is 5.47. The second kappa shape index (κ2) is 6.68. The van der Waals surface area contributed by atoms with Crippen LogP contribution < -0.4 is 4.74 Å². The number of rotatable bonds is 6. The number of ether oxygens (including phenoxy) is 1. The van der Waals surface area contributed by atoms with E-state index >= 15 is 0 Å². The molecule has 0 unspecified atom stereocenters. The summed E-state index contributed by atoms with van der Waals surface area (Å²) >= 11 is 0. The van der Waals surface area contributed by atoms with E-state index in [0.717, 1.165) is 18.9 Å². The lowest BCUT2D eigenvalue weighted by atomic mass is 10.2. The van der Waals surface area contributed by atoms with Gasteiger partial charge in [-0.2, -0.15) is 0 Å². The minimum Gasteiger partial charge on any atom is -0.490 e. The molecule has 1 aromatic rings. The van der Waals surface area contributed by atoms with Crippen molar-refractivity contribution in [2.75, 3.05) is 6.61 Å². The van der Waals surface area contributed by atoms with E-state index in [9.17, 15) is 9.18 Å². The topological polar surface area (TPSA) is 46.5 Å². The molecule has 92 valence electrons. The maximum Gasteiger partial charge on any atom is 0.328 e. The Kier molecular flexibility index (Phi) is 5.20. The van der Waals surface area contributed by atoms with Crippen LogP contribution in [0, 0.1) is 5.82 Å². The minimum atomic E-state index is -1.08. The first kappa shape index (κ1) is 13.2. The zero-order valence-corrected chi connectivity index (χ0v) is 9.65. The molecule has 4 heteroatoms. The second-order valence-electron chi connectivity index (χ2n) is 3.53. The van der Waals surface area contributed by atoms with Crippen LogP contribution in [0.3, 0.4) is 0 Å². The number of para-hydroxylation sites is 1. The lowest BCUT2D eigenvalue weighted by Gasteiger charge is -2.09. The average Bonchev–Trinajstić information content (AvgIpc) is 2.29. The molecule has 0 amide bonds. The lowest BCUT2D eigenvalue weighted by molar-refractivity contribution is -0.131. The van der Waals surface area contributed by atoms with Crippen LogP contribution in [0.4, 0.5) is 4.39 Å². The molecule has 0 heterocycles. The van der Waals surface area contributed by atoms with Gasteiger partial charge in [0.15, 0.2) is 11.6 Å². The van der Waals surface area contributed by atoms with Gasteiger partial charge in [-0.15, -0.1) is 0 Å². The van der Waals surface area contributed by atoms with Crippen LogP contribution in [-0.4, -0.2) is 17.7 Å². The van der Waals surface area contributed by atoms with Gasteiger partial charge in [0.05, 0.1) is 6.61 Å². The number of carbonyl (C=O) groups is 1. The highest BCUT2D eigenvalue weighted by Crippen LogP contribution is 2.24. The summed E-state index contributed by atoms with van der Waals surface area (Å²) < 4.78 is 18.8. The summed E-state index contributed by atoms with van der Waals surface area (Å²) in [6.45, 7) is 2.43. The molecule has 0 radical (unpaired) electrons. The van der Waals surface area contributed by atoms with Crippen LogP contribution in [0.2, 0.25) is 0 Å². The Morgan fingerprint density at radius 2 is 2.29 bits per heavy atom. The zero-order valence-electron chi connectivity index (χ0n) is 9.65. The summed E-state index contributed by atoms with van der Waals surface area (Å²) in [6.07, 6.45) is 4.07. The van der Waals surface area contributed by atoms with Gasteiger partial charge in [0, 0.05) is 11.6 Å². The molecule has 0 aliphatic rings. The van der Waals surface area contributed by atoms with E-state index in [0.29, 0.717) is 12.2 Å². The van der Waals surface area contributed by atoms with Gasteiger partial charge in [-0.1, -0.05) is 25.5 Å². The van der Waals surface area contributed by atoms with Crippen molar-refractivity contribution in [1.29, 1.82) is 0 Å². The van der Waals surface area contributed by atoms with Gasteiger partial charge in [0.2, 0.25) is 0 Å². The van der Waals surface area contributed by atoms with E-state index in [1.54, 1.807) is 6.07 Å². The molecule has 1 aromatic carbocycles. The van der Waals surface area contributed by atoms with Gasteiger partial charge >= 0.3 is 5.97 Å². The third-order valence-electron chi connectivity index (χ3n) is 2.15. The minimum absolute atomic E-state index is 0.110. The molecule has 1 N–H and O–H groups in total. The van der Waals surface area contributed by atoms with Crippen molar-refractivity contribution in [3.05, 3.63) is 35.7 Å². The molecule has 0 aliphatic carbocycles. The third-order valence-corrected chi connectivity index (χ3v) is 2.15. The van der Waals surface area contributed by atoms with E-state index in [2.05, 4.69) is 0 Å². The van der Waals surface area contributed by atoms with E-state index < -0.39 is 11.8 Å². The van der Waals surface area contributed by atoms with Crippen molar-refractivity contribution < 1.29 is 19.0 Å². The fourth-order valence-electron chi connectivity index (χ4n) is 1.29. The number of unbranched alkanes of at least 4 members (excludes halogenated alkanes) is 1. The largest absolute Gasteiger partial charge is 0.490 e. The van der Waals surface area contributed by atoms with Crippen LogP contribution in [0.1, 0.15) is 25.3 Å². The first-order chi connectivity index (χ1) is 8.15.